The maximum absolute atomic E-state index is 12.4. The van der Waals surface area contributed by atoms with Crippen molar-refractivity contribution in [1.29, 1.82) is 0 Å². The van der Waals surface area contributed by atoms with Gasteiger partial charge in [-0.3, -0.25) is 4.79 Å². The zero-order valence-corrected chi connectivity index (χ0v) is 15.8. The van der Waals surface area contributed by atoms with Crippen molar-refractivity contribution in [3.8, 4) is 0 Å². The Morgan fingerprint density at radius 1 is 1.19 bits per heavy atom. The summed E-state index contributed by atoms with van der Waals surface area (Å²) < 4.78 is 7.07. The first kappa shape index (κ1) is 18.6. The van der Waals surface area contributed by atoms with E-state index in [1.807, 2.05) is 39.0 Å². The first-order valence-electron chi connectivity index (χ1n) is 8.82. The topological polar surface area (TPSA) is 86.1 Å². The molecule has 0 bridgehead atoms. The molecule has 3 aromatic rings. The van der Waals surface area contributed by atoms with Crippen molar-refractivity contribution in [3.63, 3.8) is 0 Å². The molecule has 1 N–H and O–H groups in total. The number of aryl methyl sites for hydroxylation is 3. The number of hydrogen-bond donors (Lipinski definition) is 1. The minimum atomic E-state index is -0.932. The lowest BCUT2D eigenvalue weighted by Crippen LogP contribution is -2.30. The molecular weight excluding hydrogens is 344 g/mol. The van der Waals surface area contributed by atoms with Gasteiger partial charge < -0.3 is 10.1 Å². The Balaban J connectivity index is 1.70. The highest BCUT2D eigenvalue weighted by molar-refractivity contribution is 5.99. The molecule has 0 fully saturated rings. The SMILES string of the molecule is CCn1nnc2cc(C(=O)O[C@H](C)C(=O)Nc3c(C)cccc3C)ccc21. The van der Waals surface area contributed by atoms with E-state index in [9.17, 15) is 9.59 Å². The number of aromatic nitrogens is 3. The largest absolute Gasteiger partial charge is 0.449 e. The fourth-order valence-corrected chi connectivity index (χ4v) is 2.85. The second-order valence-electron chi connectivity index (χ2n) is 6.41. The molecule has 1 heterocycles. The summed E-state index contributed by atoms with van der Waals surface area (Å²) in [4.78, 5) is 24.8. The Morgan fingerprint density at radius 3 is 2.56 bits per heavy atom. The van der Waals surface area contributed by atoms with Crippen LogP contribution >= 0.6 is 0 Å². The van der Waals surface area contributed by atoms with Crippen LogP contribution in [-0.2, 0) is 16.1 Å². The van der Waals surface area contributed by atoms with E-state index in [1.54, 1.807) is 29.8 Å². The van der Waals surface area contributed by atoms with Gasteiger partial charge in [0.25, 0.3) is 5.91 Å². The minimum absolute atomic E-state index is 0.331. The van der Waals surface area contributed by atoms with E-state index in [2.05, 4.69) is 15.6 Å². The third-order valence-electron chi connectivity index (χ3n) is 4.43. The number of nitrogens with zero attached hydrogens (tertiary/aromatic N) is 3. The van der Waals surface area contributed by atoms with Crippen LogP contribution in [0.25, 0.3) is 11.0 Å². The summed E-state index contributed by atoms with van der Waals surface area (Å²) in [6, 6.07) is 10.8. The Bertz CT molecular complexity index is 989. The lowest BCUT2D eigenvalue weighted by molar-refractivity contribution is -0.123. The molecule has 0 radical (unpaired) electrons. The van der Waals surface area contributed by atoms with Crippen LogP contribution in [0.5, 0.6) is 0 Å². The number of carbonyl (C=O) groups is 2. The van der Waals surface area contributed by atoms with E-state index < -0.39 is 12.1 Å². The summed E-state index contributed by atoms with van der Waals surface area (Å²) >= 11 is 0. The number of fused-ring (bicyclic) bond motifs is 1. The molecule has 2 aromatic carbocycles. The number of amides is 1. The number of nitrogens with one attached hydrogen (secondary N) is 1. The molecule has 0 aliphatic heterocycles. The Labute approximate surface area is 157 Å². The van der Waals surface area contributed by atoms with Gasteiger partial charge in [0.2, 0.25) is 0 Å². The van der Waals surface area contributed by atoms with Gasteiger partial charge in [0.05, 0.1) is 11.1 Å². The van der Waals surface area contributed by atoms with Gasteiger partial charge in [0.15, 0.2) is 6.10 Å². The van der Waals surface area contributed by atoms with Crippen molar-refractivity contribution in [2.75, 3.05) is 5.32 Å². The van der Waals surface area contributed by atoms with Gasteiger partial charge in [-0.15, -0.1) is 5.10 Å². The van der Waals surface area contributed by atoms with E-state index in [1.165, 1.54) is 0 Å². The van der Waals surface area contributed by atoms with E-state index in [-0.39, 0.29) is 5.91 Å². The minimum Gasteiger partial charge on any atom is -0.449 e. The van der Waals surface area contributed by atoms with Crippen LogP contribution in [0.15, 0.2) is 36.4 Å². The second-order valence-corrected chi connectivity index (χ2v) is 6.41. The number of para-hydroxylation sites is 1. The number of rotatable bonds is 5. The van der Waals surface area contributed by atoms with Gasteiger partial charge in [-0.1, -0.05) is 23.4 Å². The van der Waals surface area contributed by atoms with Crippen LogP contribution in [0.3, 0.4) is 0 Å². The maximum Gasteiger partial charge on any atom is 0.338 e. The standard InChI is InChI=1S/C20H22N4O3/c1-5-24-17-10-9-15(11-16(17)22-23-24)20(26)27-14(4)19(25)21-18-12(2)7-6-8-13(18)3/h6-11,14H,5H2,1-4H3,(H,21,25)/t14-/m1/s1. The van der Waals surface area contributed by atoms with E-state index in [0.29, 0.717) is 17.6 Å². The summed E-state index contributed by atoms with van der Waals surface area (Å²) in [6.07, 6.45) is -0.932. The van der Waals surface area contributed by atoms with Crippen LogP contribution in [0, 0.1) is 13.8 Å². The zero-order valence-electron chi connectivity index (χ0n) is 15.8. The van der Waals surface area contributed by atoms with Gasteiger partial charge in [-0.2, -0.15) is 0 Å². The number of carbonyl (C=O) groups excluding carboxylic acids is 2. The lowest BCUT2D eigenvalue weighted by Gasteiger charge is -2.16. The summed E-state index contributed by atoms with van der Waals surface area (Å²) in [5, 5.41) is 10.9. The maximum atomic E-state index is 12.4. The molecule has 0 saturated carbocycles. The predicted octanol–water partition coefficient (Wildman–Crippen LogP) is 3.25. The van der Waals surface area contributed by atoms with Crippen LogP contribution in [0.4, 0.5) is 5.69 Å². The quantitative estimate of drug-likeness (QED) is 0.701. The highest BCUT2D eigenvalue weighted by Crippen LogP contribution is 2.20. The summed E-state index contributed by atoms with van der Waals surface area (Å²) in [7, 11) is 0. The summed E-state index contributed by atoms with van der Waals surface area (Å²) in [5.41, 5.74) is 4.42. The van der Waals surface area contributed by atoms with E-state index in [4.69, 9.17) is 4.74 Å². The van der Waals surface area contributed by atoms with Crippen molar-refractivity contribution in [1.82, 2.24) is 15.0 Å². The third-order valence-corrected chi connectivity index (χ3v) is 4.43. The third kappa shape index (κ3) is 3.81. The molecular formula is C20H22N4O3. The smallest absolute Gasteiger partial charge is 0.338 e. The average molecular weight is 366 g/mol. The highest BCUT2D eigenvalue weighted by Gasteiger charge is 2.21. The number of anilines is 1. The molecule has 0 saturated heterocycles. The molecule has 0 aliphatic rings. The van der Waals surface area contributed by atoms with Crippen molar-refractivity contribution >= 4 is 28.6 Å². The monoisotopic (exact) mass is 366 g/mol. The number of hydrogen-bond acceptors (Lipinski definition) is 5. The van der Waals surface area contributed by atoms with Crippen LogP contribution < -0.4 is 5.32 Å². The van der Waals surface area contributed by atoms with Crippen molar-refractivity contribution in [2.24, 2.45) is 0 Å². The van der Waals surface area contributed by atoms with E-state index >= 15 is 0 Å². The fourth-order valence-electron chi connectivity index (χ4n) is 2.85. The highest BCUT2D eigenvalue weighted by atomic mass is 16.5. The molecule has 1 atom stereocenters. The molecule has 0 unspecified atom stereocenters. The molecule has 7 heteroatoms. The van der Waals surface area contributed by atoms with Crippen molar-refractivity contribution < 1.29 is 14.3 Å². The van der Waals surface area contributed by atoms with Gasteiger partial charge >= 0.3 is 5.97 Å². The van der Waals surface area contributed by atoms with Crippen molar-refractivity contribution in [3.05, 3.63) is 53.1 Å². The van der Waals surface area contributed by atoms with Gasteiger partial charge in [0.1, 0.15) is 5.52 Å². The lowest BCUT2D eigenvalue weighted by atomic mass is 10.1. The van der Waals surface area contributed by atoms with Crippen LogP contribution in [-0.4, -0.2) is 33.0 Å². The van der Waals surface area contributed by atoms with E-state index in [0.717, 1.165) is 22.3 Å². The molecule has 3 rings (SSSR count). The first-order chi connectivity index (χ1) is 12.9. The van der Waals surface area contributed by atoms with Crippen molar-refractivity contribution in [2.45, 2.75) is 40.3 Å². The second kappa shape index (κ2) is 7.57. The molecule has 140 valence electrons. The predicted molar refractivity (Wildman–Crippen MR) is 103 cm³/mol. The van der Waals surface area contributed by atoms with Gasteiger partial charge in [-0.05, 0) is 57.0 Å². The molecule has 1 aromatic heterocycles. The molecule has 0 spiro atoms. The molecule has 0 aliphatic carbocycles. The first-order valence-corrected chi connectivity index (χ1v) is 8.82. The Hall–Kier alpha value is -3.22. The Morgan fingerprint density at radius 2 is 1.89 bits per heavy atom. The molecule has 1 amide bonds. The van der Waals surface area contributed by atoms with Gasteiger partial charge in [0, 0.05) is 12.2 Å². The number of benzene rings is 2. The fraction of sp³-hybridized carbons (Fsp3) is 0.300. The van der Waals surface area contributed by atoms with Gasteiger partial charge in [-0.25, -0.2) is 9.48 Å². The Kier molecular flexibility index (Phi) is 5.21. The van der Waals surface area contributed by atoms with Crippen LogP contribution in [0.2, 0.25) is 0 Å². The normalized spacial score (nSPS) is 12.0. The molecule has 27 heavy (non-hydrogen) atoms. The zero-order chi connectivity index (χ0) is 19.6. The summed E-state index contributed by atoms with van der Waals surface area (Å²) in [6.45, 7) is 8.03. The molecule has 7 nitrogen and oxygen atoms in total. The summed E-state index contributed by atoms with van der Waals surface area (Å²) in [5.74, 6) is -0.953. The average Bonchev–Trinajstić information content (AvgIpc) is 3.06. The van der Waals surface area contributed by atoms with Crippen LogP contribution in [0.1, 0.15) is 35.3 Å². The number of esters is 1. The number of ether oxygens (including phenoxy) is 1.